The SMILES string of the molecule is C(=C\c1ccc(N(c2ccccc2)c2ccc(-c3ccc(N(c4ccccc4)c4ccc(/C=C/c5ccccc5)cc4)cc3)cc2)cc1)/c1ccccc1.Cc1ccc(N(c2ccc(C)cc2)c2ccc(/C=C/c3ccc(N(c4ccc(C)cc4)c4ccc(C)cc4)cc3)cc2)cc1. The summed E-state index contributed by atoms with van der Waals surface area (Å²) in [7, 11) is 0. The molecule has 0 bridgehead atoms. The van der Waals surface area contributed by atoms with Gasteiger partial charge in [0.05, 0.1) is 0 Å². The molecule has 0 fully saturated rings. The van der Waals surface area contributed by atoms with Crippen LogP contribution in [0.15, 0.2) is 364 Å². The highest BCUT2D eigenvalue weighted by Gasteiger charge is 2.17. The Labute approximate surface area is 579 Å². The highest BCUT2D eigenvalue weighted by Crippen LogP contribution is 2.41. The van der Waals surface area contributed by atoms with Crippen LogP contribution in [-0.2, 0) is 0 Å². The monoisotopic (exact) mass is 1260 g/mol. The number of benzene rings is 14. The molecule has 0 saturated carbocycles. The molecule has 4 heteroatoms. The van der Waals surface area contributed by atoms with Gasteiger partial charge >= 0.3 is 0 Å². The van der Waals surface area contributed by atoms with Gasteiger partial charge in [0, 0.05) is 68.2 Å². The van der Waals surface area contributed by atoms with Crippen molar-refractivity contribution in [1.29, 1.82) is 0 Å². The molecular weight excluding hydrogens is 1190 g/mol. The summed E-state index contributed by atoms with van der Waals surface area (Å²) in [6.07, 6.45) is 13.0. The topological polar surface area (TPSA) is 13.0 Å². The van der Waals surface area contributed by atoms with Crippen LogP contribution < -0.4 is 19.6 Å². The van der Waals surface area contributed by atoms with E-state index in [2.05, 4.69) is 436 Å². The van der Waals surface area contributed by atoms with Gasteiger partial charge in [0.1, 0.15) is 0 Å². The lowest BCUT2D eigenvalue weighted by Gasteiger charge is -2.26. The van der Waals surface area contributed by atoms with Crippen molar-refractivity contribution in [2.75, 3.05) is 19.6 Å². The third kappa shape index (κ3) is 16.3. The predicted octanol–water partition coefficient (Wildman–Crippen LogP) is 26.7. The van der Waals surface area contributed by atoms with Crippen molar-refractivity contribution < 1.29 is 0 Å². The zero-order chi connectivity index (χ0) is 66.8. The van der Waals surface area contributed by atoms with Gasteiger partial charge in [-0.25, -0.2) is 0 Å². The number of rotatable bonds is 19. The van der Waals surface area contributed by atoms with Crippen LogP contribution in [0.4, 0.5) is 68.2 Å². The van der Waals surface area contributed by atoms with Gasteiger partial charge in [-0.3, -0.25) is 0 Å². The quantitative estimate of drug-likeness (QED) is 0.0748. The van der Waals surface area contributed by atoms with Gasteiger partial charge in [0.15, 0.2) is 0 Å². The van der Waals surface area contributed by atoms with E-state index in [9.17, 15) is 0 Å². The summed E-state index contributed by atoms with van der Waals surface area (Å²) in [4.78, 5) is 9.22. The molecule has 14 aromatic rings. The summed E-state index contributed by atoms with van der Waals surface area (Å²) >= 11 is 0. The molecular formula is C94H78N4. The van der Waals surface area contributed by atoms with Crippen LogP contribution in [0.25, 0.3) is 47.6 Å². The zero-order valence-corrected chi connectivity index (χ0v) is 55.9. The van der Waals surface area contributed by atoms with Crippen LogP contribution in [0.3, 0.4) is 0 Å². The standard InChI is InChI=1S/C52H40N2.C42H38N2/c1-5-13-41(14-6-1)21-23-43-25-33-49(34-26-43)53(47-17-9-3-10-18-47)51-37-29-45(30-38-51)46-31-39-52(40-32-46)54(48-19-11-4-12-20-48)50-35-27-44(28-36-50)24-22-42-15-7-2-8-16-42;1-31-5-19-37(20-6-31)43(38-21-7-32(2)8-22-38)41-27-15-35(16-28-41)13-14-36-17-29-42(30-18-36)44(39-23-9-33(3)10-24-39)40-25-11-34(4)12-26-40/h1-40H;5-30H,1-4H3/b23-21+,24-22+;14-13+. The lowest BCUT2D eigenvalue weighted by atomic mass is 10.0. The van der Waals surface area contributed by atoms with Gasteiger partial charge in [-0.1, -0.05) is 277 Å². The predicted molar refractivity (Wildman–Crippen MR) is 422 cm³/mol. The first-order chi connectivity index (χ1) is 48.2. The van der Waals surface area contributed by atoms with Gasteiger partial charge in [0.25, 0.3) is 0 Å². The molecule has 0 aliphatic rings. The van der Waals surface area contributed by atoms with Crippen LogP contribution in [0, 0.1) is 27.7 Å². The van der Waals surface area contributed by atoms with Crippen molar-refractivity contribution in [2.45, 2.75) is 27.7 Å². The molecule has 0 atom stereocenters. The number of hydrogen-bond acceptors (Lipinski definition) is 4. The molecule has 4 nitrogen and oxygen atoms in total. The molecule has 0 aliphatic heterocycles. The Hall–Kier alpha value is -12.5. The van der Waals surface area contributed by atoms with Crippen molar-refractivity contribution >= 4 is 105 Å². The first-order valence-electron chi connectivity index (χ1n) is 33.5. The Morgan fingerprint density at radius 2 is 0.286 bits per heavy atom. The van der Waals surface area contributed by atoms with E-state index in [1.807, 2.05) is 12.1 Å². The third-order valence-corrected chi connectivity index (χ3v) is 17.4. The maximum atomic E-state index is 2.30. The number of aryl methyl sites for hydroxylation is 4. The molecule has 0 heterocycles. The molecule has 0 radical (unpaired) electrons. The van der Waals surface area contributed by atoms with Crippen LogP contribution >= 0.6 is 0 Å². The van der Waals surface area contributed by atoms with Gasteiger partial charge in [-0.15, -0.1) is 0 Å². The summed E-state index contributed by atoms with van der Waals surface area (Å²) in [6.45, 7) is 8.50. The molecule has 98 heavy (non-hydrogen) atoms. The van der Waals surface area contributed by atoms with E-state index in [0.717, 1.165) is 90.5 Å². The van der Waals surface area contributed by atoms with E-state index in [1.54, 1.807) is 0 Å². The molecule has 0 amide bonds. The van der Waals surface area contributed by atoms with E-state index in [1.165, 1.54) is 44.5 Å². The van der Waals surface area contributed by atoms with E-state index < -0.39 is 0 Å². The second-order valence-corrected chi connectivity index (χ2v) is 24.6. The molecule has 14 aromatic carbocycles. The molecule has 0 aliphatic carbocycles. The van der Waals surface area contributed by atoms with Crippen LogP contribution in [0.2, 0.25) is 0 Å². The average Bonchev–Trinajstić information content (AvgIpc) is 0.873. The Kier molecular flexibility index (Phi) is 20.4. The van der Waals surface area contributed by atoms with Crippen molar-refractivity contribution in [3.05, 3.63) is 420 Å². The minimum Gasteiger partial charge on any atom is -0.311 e. The maximum Gasteiger partial charge on any atom is 0.0462 e. The summed E-state index contributed by atoms with van der Waals surface area (Å²) in [5, 5.41) is 0. The van der Waals surface area contributed by atoms with Crippen LogP contribution in [-0.4, -0.2) is 0 Å². The fourth-order valence-corrected chi connectivity index (χ4v) is 12.0. The lowest BCUT2D eigenvalue weighted by molar-refractivity contribution is 1.27. The number of hydrogen-bond donors (Lipinski definition) is 0. The highest BCUT2D eigenvalue weighted by atomic mass is 15.2. The molecule has 14 rings (SSSR count). The second kappa shape index (κ2) is 31.2. The molecule has 0 unspecified atom stereocenters. The molecule has 0 aromatic heterocycles. The smallest absolute Gasteiger partial charge is 0.0462 e. The molecule has 0 N–H and O–H groups in total. The molecule has 474 valence electrons. The summed E-state index contributed by atoms with van der Waals surface area (Å²) in [6, 6.07) is 129. The molecule has 0 spiro atoms. The zero-order valence-electron chi connectivity index (χ0n) is 55.9. The maximum absolute atomic E-state index is 2.30. The van der Waals surface area contributed by atoms with Crippen molar-refractivity contribution in [1.82, 2.24) is 0 Å². The van der Waals surface area contributed by atoms with E-state index >= 15 is 0 Å². The van der Waals surface area contributed by atoms with Gasteiger partial charge in [-0.05, 0) is 218 Å². The van der Waals surface area contributed by atoms with Crippen molar-refractivity contribution in [2.24, 2.45) is 0 Å². The van der Waals surface area contributed by atoms with Crippen LogP contribution in [0.5, 0.6) is 0 Å². The average molecular weight is 1260 g/mol. The van der Waals surface area contributed by atoms with Gasteiger partial charge < -0.3 is 19.6 Å². The first-order valence-corrected chi connectivity index (χ1v) is 33.5. The van der Waals surface area contributed by atoms with Crippen molar-refractivity contribution in [3.63, 3.8) is 0 Å². The third-order valence-electron chi connectivity index (χ3n) is 17.4. The van der Waals surface area contributed by atoms with Gasteiger partial charge in [0.2, 0.25) is 0 Å². The first kappa shape index (κ1) is 64.2. The molecule has 0 saturated heterocycles. The largest absolute Gasteiger partial charge is 0.311 e. The minimum atomic E-state index is 1.10. The van der Waals surface area contributed by atoms with Crippen molar-refractivity contribution in [3.8, 4) is 11.1 Å². The number of nitrogens with zero attached hydrogens (tertiary/aromatic N) is 4. The lowest BCUT2D eigenvalue weighted by Crippen LogP contribution is -2.10. The second-order valence-electron chi connectivity index (χ2n) is 24.6. The minimum absolute atomic E-state index is 1.10. The van der Waals surface area contributed by atoms with E-state index in [4.69, 9.17) is 0 Å². The Morgan fingerprint density at radius 1 is 0.143 bits per heavy atom. The number of para-hydroxylation sites is 2. The highest BCUT2D eigenvalue weighted by molar-refractivity contribution is 5.84. The number of anilines is 12. The normalized spacial score (nSPS) is 11.1. The Morgan fingerprint density at radius 3 is 0.480 bits per heavy atom. The van der Waals surface area contributed by atoms with E-state index in [0.29, 0.717) is 0 Å². The summed E-state index contributed by atoms with van der Waals surface area (Å²) < 4.78 is 0. The van der Waals surface area contributed by atoms with Gasteiger partial charge in [-0.2, -0.15) is 0 Å². The summed E-state index contributed by atoms with van der Waals surface area (Å²) in [5.74, 6) is 0. The van der Waals surface area contributed by atoms with E-state index in [-0.39, 0.29) is 0 Å². The Balaban J connectivity index is 0.000000180. The fraction of sp³-hybridized carbons (Fsp3) is 0.0426. The summed E-state index contributed by atoms with van der Waals surface area (Å²) in [5.41, 5.74) is 27.9. The van der Waals surface area contributed by atoms with Crippen LogP contribution in [0.1, 0.15) is 55.6 Å². The Bertz CT molecular complexity index is 4470. The fourth-order valence-electron chi connectivity index (χ4n) is 12.0.